The highest BCUT2D eigenvalue weighted by atomic mass is 19.2. The first-order chi connectivity index (χ1) is 13.1. The maximum atomic E-state index is 14.6. The maximum absolute atomic E-state index is 14.6. The van der Waals surface area contributed by atoms with Gasteiger partial charge in [0.05, 0.1) is 0 Å². The van der Waals surface area contributed by atoms with Gasteiger partial charge in [0.1, 0.15) is 5.75 Å². The third-order valence-electron chi connectivity index (χ3n) is 5.85. The molecule has 2 aromatic rings. The summed E-state index contributed by atoms with van der Waals surface area (Å²) < 4.78 is 28.8. The van der Waals surface area contributed by atoms with E-state index in [-0.39, 0.29) is 5.75 Å². The van der Waals surface area contributed by atoms with Gasteiger partial charge in [-0.25, -0.2) is 8.78 Å². The number of aromatic hydroxyl groups is 1. The fraction of sp³-hybridized carbons (Fsp3) is 0.500. The van der Waals surface area contributed by atoms with Crippen molar-refractivity contribution in [1.82, 2.24) is 0 Å². The minimum absolute atomic E-state index is 0.128. The van der Waals surface area contributed by atoms with Crippen molar-refractivity contribution in [1.29, 1.82) is 0 Å². The Bertz CT molecular complexity index is 752. The van der Waals surface area contributed by atoms with Crippen LogP contribution in [0.2, 0.25) is 0 Å². The normalized spacial score (nSPS) is 16.3. The van der Waals surface area contributed by atoms with Crippen molar-refractivity contribution in [3.8, 4) is 16.9 Å². The molecule has 0 radical (unpaired) electrons. The molecule has 1 N–H and O–H groups in total. The van der Waals surface area contributed by atoms with Crippen molar-refractivity contribution in [3.63, 3.8) is 0 Å². The fourth-order valence-corrected chi connectivity index (χ4v) is 4.33. The van der Waals surface area contributed by atoms with Gasteiger partial charge in [0.15, 0.2) is 11.6 Å². The first-order valence-corrected chi connectivity index (χ1v) is 10.4. The molecule has 0 heterocycles. The van der Waals surface area contributed by atoms with Crippen LogP contribution in [0.1, 0.15) is 69.4 Å². The van der Waals surface area contributed by atoms with Gasteiger partial charge in [0.2, 0.25) is 0 Å². The smallest absolute Gasteiger partial charge is 0.166 e. The Morgan fingerprint density at radius 1 is 1.00 bits per heavy atom. The van der Waals surface area contributed by atoms with Crippen molar-refractivity contribution in [2.24, 2.45) is 5.92 Å². The SMILES string of the molecule is CCCCCCCCC1CCc2c(cc(F)c(F)c2-c2ccc(O)cc2)C1. The number of fused-ring (bicyclic) bond motifs is 1. The number of benzene rings is 2. The van der Waals surface area contributed by atoms with E-state index >= 15 is 0 Å². The molecule has 0 spiro atoms. The van der Waals surface area contributed by atoms with Gasteiger partial charge in [-0.05, 0) is 60.1 Å². The zero-order valence-corrected chi connectivity index (χ0v) is 16.2. The summed E-state index contributed by atoms with van der Waals surface area (Å²) in [5.41, 5.74) is 2.91. The minimum Gasteiger partial charge on any atom is -0.508 e. The van der Waals surface area contributed by atoms with Crippen LogP contribution in [-0.2, 0) is 12.8 Å². The summed E-state index contributed by atoms with van der Waals surface area (Å²) in [5.74, 6) is -0.838. The van der Waals surface area contributed by atoms with E-state index in [4.69, 9.17) is 0 Å². The fourth-order valence-electron chi connectivity index (χ4n) is 4.33. The summed E-state index contributed by atoms with van der Waals surface area (Å²) in [4.78, 5) is 0. The molecule has 0 amide bonds. The van der Waals surface area contributed by atoms with Crippen molar-refractivity contribution in [3.05, 3.63) is 53.1 Å². The molecule has 1 atom stereocenters. The van der Waals surface area contributed by atoms with Crippen LogP contribution in [0.25, 0.3) is 11.1 Å². The van der Waals surface area contributed by atoms with E-state index in [0.29, 0.717) is 17.0 Å². The predicted molar refractivity (Wildman–Crippen MR) is 107 cm³/mol. The van der Waals surface area contributed by atoms with E-state index in [0.717, 1.165) is 30.4 Å². The largest absolute Gasteiger partial charge is 0.508 e. The minimum atomic E-state index is -0.770. The van der Waals surface area contributed by atoms with Crippen molar-refractivity contribution >= 4 is 0 Å². The Morgan fingerprint density at radius 2 is 1.70 bits per heavy atom. The molecular weight excluding hydrogens is 342 g/mol. The Labute approximate surface area is 161 Å². The zero-order valence-electron chi connectivity index (χ0n) is 16.2. The molecule has 1 aliphatic carbocycles. The summed E-state index contributed by atoms with van der Waals surface area (Å²) >= 11 is 0. The number of halogens is 2. The average Bonchev–Trinajstić information content (AvgIpc) is 2.67. The van der Waals surface area contributed by atoms with Crippen LogP contribution in [0, 0.1) is 17.6 Å². The van der Waals surface area contributed by atoms with Crippen LogP contribution < -0.4 is 0 Å². The van der Waals surface area contributed by atoms with E-state index in [2.05, 4.69) is 6.92 Å². The molecule has 0 aliphatic heterocycles. The van der Waals surface area contributed by atoms with Gasteiger partial charge in [-0.3, -0.25) is 0 Å². The Kier molecular flexibility index (Phi) is 6.87. The third kappa shape index (κ3) is 4.88. The van der Waals surface area contributed by atoms with Crippen LogP contribution in [0.5, 0.6) is 5.75 Å². The van der Waals surface area contributed by atoms with Crippen molar-refractivity contribution in [2.45, 2.75) is 71.1 Å². The molecule has 1 aliphatic rings. The number of unbranched alkanes of at least 4 members (excludes halogenated alkanes) is 5. The van der Waals surface area contributed by atoms with E-state index in [1.54, 1.807) is 12.1 Å². The highest BCUT2D eigenvalue weighted by Gasteiger charge is 2.25. The number of hydrogen-bond donors (Lipinski definition) is 1. The second-order valence-corrected chi connectivity index (χ2v) is 7.90. The Morgan fingerprint density at radius 3 is 2.44 bits per heavy atom. The van der Waals surface area contributed by atoms with Gasteiger partial charge < -0.3 is 5.11 Å². The van der Waals surface area contributed by atoms with Crippen LogP contribution in [-0.4, -0.2) is 5.11 Å². The molecule has 0 aromatic heterocycles. The molecule has 2 aromatic carbocycles. The lowest BCUT2D eigenvalue weighted by molar-refractivity contribution is 0.400. The lowest BCUT2D eigenvalue weighted by Gasteiger charge is -2.27. The van der Waals surface area contributed by atoms with E-state index in [1.807, 2.05) is 0 Å². The molecule has 1 unspecified atom stereocenters. The first-order valence-electron chi connectivity index (χ1n) is 10.4. The summed E-state index contributed by atoms with van der Waals surface area (Å²) in [6.45, 7) is 2.23. The van der Waals surface area contributed by atoms with E-state index in [1.165, 1.54) is 63.1 Å². The Hall–Kier alpha value is -1.90. The molecule has 0 fully saturated rings. The quantitative estimate of drug-likeness (QED) is 0.486. The molecule has 0 saturated heterocycles. The van der Waals surface area contributed by atoms with Crippen LogP contribution in [0.4, 0.5) is 8.78 Å². The third-order valence-corrected chi connectivity index (χ3v) is 5.85. The monoisotopic (exact) mass is 372 g/mol. The van der Waals surface area contributed by atoms with Gasteiger partial charge in [-0.15, -0.1) is 0 Å². The van der Waals surface area contributed by atoms with Gasteiger partial charge in [0.25, 0.3) is 0 Å². The van der Waals surface area contributed by atoms with Crippen molar-refractivity contribution < 1.29 is 13.9 Å². The number of phenols is 1. The van der Waals surface area contributed by atoms with Crippen molar-refractivity contribution in [2.75, 3.05) is 0 Å². The number of phenolic OH excluding ortho intramolecular Hbond substituents is 1. The lowest BCUT2D eigenvalue weighted by Crippen LogP contribution is -2.16. The average molecular weight is 372 g/mol. The summed E-state index contributed by atoms with van der Waals surface area (Å²) in [6, 6.07) is 7.78. The molecule has 0 bridgehead atoms. The summed E-state index contributed by atoms with van der Waals surface area (Å²) in [6.07, 6.45) is 11.6. The Balaban J connectivity index is 1.71. The highest BCUT2D eigenvalue weighted by molar-refractivity contribution is 5.70. The number of rotatable bonds is 8. The van der Waals surface area contributed by atoms with Crippen LogP contribution >= 0.6 is 0 Å². The molecule has 27 heavy (non-hydrogen) atoms. The zero-order chi connectivity index (χ0) is 19.2. The molecule has 3 heteroatoms. The standard InChI is InChI=1S/C24H30F2O/c1-2-3-4-5-6-7-8-17-9-14-21-19(15-17)16-22(25)24(26)23(21)18-10-12-20(27)13-11-18/h10-13,16-17,27H,2-9,14-15H2,1H3. The first kappa shape index (κ1) is 19.9. The summed E-state index contributed by atoms with van der Waals surface area (Å²) in [7, 11) is 0. The maximum Gasteiger partial charge on any atom is 0.166 e. The second-order valence-electron chi connectivity index (χ2n) is 7.90. The molecule has 146 valence electrons. The predicted octanol–water partition coefficient (Wildman–Crippen LogP) is 7.19. The molecule has 0 saturated carbocycles. The van der Waals surface area contributed by atoms with Crippen LogP contribution in [0.15, 0.2) is 30.3 Å². The molecular formula is C24H30F2O. The van der Waals surface area contributed by atoms with Gasteiger partial charge >= 0.3 is 0 Å². The molecule has 1 nitrogen and oxygen atoms in total. The molecule has 3 rings (SSSR count). The van der Waals surface area contributed by atoms with Crippen LogP contribution in [0.3, 0.4) is 0 Å². The second kappa shape index (κ2) is 9.34. The van der Waals surface area contributed by atoms with E-state index < -0.39 is 11.6 Å². The lowest BCUT2D eigenvalue weighted by atomic mass is 9.78. The highest BCUT2D eigenvalue weighted by Crippen LogP contribution is 2.38. The van der Waals surface area contributed by atoms with Gasteiger partial charge in [-0.2, -0.15) is 0 Å². The van der Waals surface area contributed by atoms with E-state index in [9.17, 15) is 13.9 Å². The van der Waals surface area contributed by atoms with Gasteiger partial charge in [-0.1, -0.05) is 64.0 Å². The number of hydrogen-bond acceptors (Lipinski definition) is 1. The van der Waals surface area contributed by atoms with Gasteiger partial charge in [0, 0.05) is 5.56 Å². The topological polar surface area (TPSA) is 20.2 Å². The summed E-state index contributed by atoms with van der Waals surface area (Å²) in [5, 5.41) is 9.48.